The van der Waals surface area contributed by atoms with Crippen LogP contribution in [0.3, 0.4) is 0 Å². The third kappa shape index (κ3) is 3.47. The second-order valence-electron chi connectivity index (χ2n) is 3.98. The zero-order valence-corrected chi connectivity index (χ0v) is 9.63. The molecule has 0 saturated heterocycles. The van der Waals surface area contributed by atoms with Gasteiger partial charge < -0.3 is 5.32 Å². The molecule has 84 valence electrons. The average molecular weight is 209 g/mol. The van der Waals surface area contributed by atoms with Gasteiger partial charge in [-0.05, 0) is 24.9 Å². The van der Waals surface area contributed by atoms with Crippen LogP contribution in [0, 0.1) is 0 Å². The van der Waals surface area contributed by atoms with Crippen molar-refractivity contribution in [1.82, 2.24) is 15.5 Å². The maximum absolute atomic E-state index is 11.4. The number of aromatic nitrogens is 2. The summed E-state index contributed by atoms with van der Waals surface area (Å²) >= 11 is 0. The number of nitrogens with zero attached hydrogens (tertiary/aromatic N) is 1. The van der Waals surface area contributed by atoms with Gasteiger partial charge in [0.2, 0.25) is 0 Å². The molecule has 1 rings (SSSR count). The van der Waals surface area contributed by atoms with Gasteiger partial charge in [0.15, 0.2) is 0 Å². The normalized spacial score (nSPS) is 10.9. The van der Waals surface area contributed by atoms with Crippen LogP contribution in [-0.2, 0) is 6.54 Å². The van der Waals surface area contributed by atoms with Crippen LogP contribution < -0.4 is 10.9 Å². The van der Waals surface area contributed by atoms with Crippen molar-refractivity contribution in [2.45, 2.75) is 39.7 Å². The number of hydrogen-bond acceptors (Lipinski definition) is 3. The molecule has 0 amide bonds. The summed E-state index contributed by atoms with van der Waals surface area (Å²) in [5.41, 5.74) is 1.60. The maximum Gasteiger partial charge on any atom is 0.268 e. The molecular weight excluding hydrogens is 190 g/mol. The predicted octanol–water partition coefficient (Wildman–Crippen LogP) is 1.39. The van der Waals surface area contributed by atoms with Gasteiger partial charge in [-0.3, -0.25) is 4.79 Å². The molecule has 0 fully saturated rings. The first-order valence-corrected chi connectivity index (χ1v) is 5.44. The summed E-state index contributed by atoms with van der Waals surface area (Å²) in [6, 6.07) is 1.88. The van der Waals surface area contributed by atoms with Gasteiger partial charge in [0.25, 0.3) is 5.56 Å². The molecule has 0 spiro atoms. The van der Waals surface area contributed by atoms with Crippen molar-refractivity contribution < 1.29 is 0 Å². The predicted molar refractivity (Wildman–Crippen MR) is 60.9 cm³/mol. The monoisotopic (exact) mass is 209 g/mol. The minimum atomic E-state index is -0.0944. The molecule has 0 aliphatic heterocycles. The van der Waals surface area contributed by atoms with Crippen LogP contribution in [0.5, 0.6) is 0 Å². The molecule has 0 bridgehead atoms. The molecule has 0 radical (unpaired) electrons. The van der Waals surface area contributed by atoms with Gasteiger partial charge in [0, 0.05) is 12.1 Å². The largest absolute Gasteiger partial charge is 0.312 e. The Labute approximate surface area is 90.1 Å². The highest BCUT2D eigenvalue weighted by molar-refractivity contribution is 5.15. The van der Waals surface area contributed by atoms with Gasteiger partial charge in [0.1, 0.15) is 0 Å². The lowest BCUT2D eigenvalue weighted by atomic mass is 10.1. The molecule has 2 N–H and O–H groups in total. The summed E-state index contributed by atoms with van der Waals surface area (Å²) in [6.07, 6.45) is 1.07. The van der Waals surface area contributed by atoms with E-state index in [0.29, 0.717) is 12.5 Å². The minimum absolute atomic E-state index is 0.0944. The molecule has 0 atom stereocenters. The lowest BCUT2D eigenvalue weighted by Crippen LogP contribution is -2.23. The summed E-state index contributed by atoms with van der Waals surface area (Å²) < 4.78 is 0. The van der Waals surface area contributed by atoms with E-state index in [9.17, 15) is 4.79 Å². The summed E-state index contributed by atoms with van der Waals surface area (Å²) in [6.45, 7) is 7.77. The van der Waals surface area contributed by atoms with Crippen LogP contribution in [0.1, 0.15) is 44.4 Å². The highest BCUT2D eigenvalue weighted by Crippen LogP contribution is 2.09. The van der Waals surface area contributed by atoms with Gasteiger partial charge in [0.05, 0.1) is 5.69 Å². The Kier molecular flexibility index (Phi) is 4.49. The molecule has 1 aromatic rings. The summed E-state index contributed by atoms with van der Waals surface area (Å²) in [4.78, 5) is 11.4. The third-order valence-electron chi connectivity index (χ3n) is 2.23. The third-order valence-corrected chi connectivity index (χ3v) is 2.23. The standard InChI is InChI=1S/C11H19N3O/c1-4-5-12-7-9-6-10(8(2)3)13-14-11(9)15/h6,8,12H,4-5,7H2,1-3H3,(H,14,15). The fourth-order valence-corrected chi connectivity index (χ4v) is 1.29. The van der Waals surface area contributed by atoms with E-state index in [1.807, 2.05) is 6.07 Å². The molecule has 0 aliphatic rings. The molecule has 0 aliphatic carbocycles. The molecule has 0 saturated carbocycles. The SMILES string of the molecule is CCCNCc1cc(C(C)C)n[nH]c1=O. The fourth-order valence-electron chi connectivity index (χ4n) is 1.29. The second-order valence-corrected chi connectivity index (χ2v) is 3.98. The zero-order valence-electron chi connectivity index (χ0n) is 9.63. The first-order valence-electron chi connectivity index (χ1n) is 5.44. The lowest BCUT2D eigenvalue weighted by Gasteiger charge is -2.06. The van der Waals surface area contributed by atoms with Crippen LogP contribution in [0.4, 0.5) is 0 Å². The van der Waals surface area contributed by atoms with Crippen molar-refractivity contribution in [3.05, 3.63) is 27.7 Å². The summed E-state index contributed by atoms with van der Waals surface area (Å²) in [5, 5.41) is 9.74. The summed E-state index contributed by atoms with van der Waals surface area (Å²) in [5.74, 6) is 0.340. The Morgan fingerprint density at radius 2 is 2.27 bits per heavy atom. The molecule has 4 nitrogen and oxygen atoms in total. The maximum atomic E-state index is 11.4. The number of aromatic amines is 1. The van der Waals surface area contributed by atoms with E-state index >= 15 is 0 Å². The van der Waals surface area contributed by atoms with Crippen molar-refractivity contribution >= 4 is 0 Å². The van der Waals surface area contributed by atoms with Crippen LogP contribution >= 0.6 is 0 Å². The minimum Gasteiger partial charge on any atom is -0.312 e. The van der Waals surface area contributed by atoms with Crippen LogP contribution in [0.25, 0.3) is 0 Å². The Hall–Kier alpha value is -1.16. The molecule has 1 heterocycles. The molecule has 15 heavy (non-hydrogen) atoms. The lowest BCUT2D eigenvalue weighted by molar-refractivity contribution is 0.662. The first-order chi connectivity index (χ1) is 7.15. The molecule has 4 heteroatoms. The highest BCUT2D eigenvalue weighted by Gasteiger charge is 2.05. The smallest absolute Gasteiger partial charge is 0.268 e. The second kappa shape index (κ2) is 5.66. The number of H-pyrrole nitrogens is 1. The summed E-state index contributed by atoms with van der Waals surface area (Å²) in [7, 11) is 0. The van der Waals surface area contributed by atoms with Crippen molar-refractivity contribution in [2.24, 2.45) is 0 Å². The molecule has 0 unspecified atom stereocenters. The Morgan fingerprint density at radius 3 is 2.87 bits per heavy atom. The van der Waals surface area contributed by atoms with Gasteiger partial charge in [-0.25, -0.2) is 5.10 Å². The molecular formula is C11H19N3O. The van der Waals surface area contributed by atoms with Crippen molar-refractivity contribution in [2.75, 3.05) is 6.54 Å². The van der Waals surface area contributed by atoms with E-state index < -0.39 is 0 Å². The fraction of sp³-hybridized carbons (Fsp3) is 0.636. The van der Waals surface area contributed by atoms with Gasteiger partial charge in [-0.15, -0.1) is 0 Å². The quantitative estimate of drug-likeness (QED) is 0.720. The van der Waals surface area contributed by atoms with E-state index in [-0.39, 0.29) is 5.56 Å². The van der Waals surface area contributed by atoms with Crippen molar-refractivity contribution in [3.63, 3.8) is 0 Å². The van der Waals surface area contributed by atoms with E-state index in [1.165, 1.54) is 0 Å². The number of rotatable bonds is 5. The topological polar surface area (TPSA) is 57.8 Å². The van der Waals surface area contributed by atoms with Crippen LogP contribution in [0.15, 0.2) is 10.9 Å². The van der Waals surface area contributed by atoms with Crippen LogP contribution in [0.2, 0.25) is 0 Å². The van der Waals surface area contributed by atoms with E-state index in [2.05, 4.69) is 36.3 Å². The Balaban J connectivity index is 2.77. The van der Waals surface area contributed by atoms with E-state index in [0.717, 1.165) is 24.2 Å². The van der Waals surface area contributed by atoms with Gasteiger partial charge >= 0.3 is 0 Å². The molecule has 0 aromatic carbocycles. The Bertz CT molecular complexity index is 357. The van der Waals surface area contributed by atoms with Crippen LogP contribution in [-0.4, -0.2) is 16.7 Å². The van der Waals surface area contributed by atoms with E-state index in [4.69, 9.17) is 0 Å². The van der Waals surface area contributed by atoms with Crippen molar-refractivity contribution in [3.8, 4) is 0 Å². The highest BCUT2D eigenvalue weighted by atomic mass is 16.1. The van der Waals surface area contributed by atoms with Gasteiger partial charge in [-0.1, -0.05) is 20.8 Å². The number of hydrogen-bond donors (Lipinski definition) is 2. The van der Waals surface area contributed by atoms with E-state index in [1.54, 1.807) is 0 Å². The van der Waals surface area contributed by atoms with Gasteiger partial charge in [-0.2, -0.15) is 5.10 Å². The first kappa shape index (κ1) is 11.9. The number of nitrogens with one attached hydrogen (secondary N) is 2. The Morgan fingerprint density at radius 1 is 1.53 bits per heavy atom. The average Bonchev–Trinajstić information content (AvgIpc) is 2.20. The zero-order chi connectivity index (χ0) is 11.3. The van der Waals surface area contributed by atoms with Crippen molar-refractivity contribution in [1.29, 1.82) is 0 Å². The molecule has 1 aromatic heterocycles.